The largest absolute Gasteiger partial charge is 0.495 e. The van der Waals surface area contributed by atoms with Crippen LogP contribution in [0.2, 0.25) is 0 Å². The molecule has 1 atom stereocenters. The Bertz CT molecular complexity index is 1250. The molecule has 1 aromatic carbocycles. The molecule has 2 saturated carbocycles. The number of amides is 2. The van der Waals surface area contributed by atoms with Gasteiger partial charge in [-0.2, -0.15) is 4.98 Å². The fraction of sp³-hybridized carbons (Fsp3) is 0.600. The summed E-state index contributed by atoms with van der Waals surface area (Å²) < 4.78 is 5.65. The molecule has 6 rings (SSSR count). The molecule has 0 unspecified atom stereocenters. The van der Waals surface area contributed by atoms with E-state index in [-0.39, 0.29) is 23.9 Å². The van der Waals surface area contributed by atoms with Gasteiger partial charge in [0.15, 0.2) is 5.82 Å². The number of nitrogens with one attached hydrogen (secondary N) is 3. The van der Waals surface area contributed by atoms with Crippen molar-refractivity contribution in [1.29, 1.82) is 0 Å². The first kappa shape index (κ1) is 26.8. The summed E-state index contributed by atoms with van der Waals surface area (Å²) in [5, 5.41) is 9.81. The highest BCUT2D eigenvalue weighted by Crippen LogP contribution is 2.40. The Hall–Kier alpha value is -3.40. The van der Waals surface area contributed by atoms with E-state index in [0.717, 1.165) is 68.5 Å². The first-order chi connectivity index (χ1) is 19.4. The number of nitrogens with zero attached hydrogens (tertiary/aromatic N) is 4. The molecule has 40 heavy (non-hydrogen) atoms. The summed E-state index contributed by atoms with van der Waals surface area (Å²) in [5.41, 5.74) is 1.98. The lowest BCUT2D eigenvalue weighted by Gasteiger charge is -2.43. The lowest BCUT2D eigenvalue weighted by atomic mass is 9.74. The van der Waals surface area contributed by atoms with Crippen molar-refractivity contribution in [3.05, 3.63) is 30.0 Å². The van der Waals surface area contributed by atoms with Crippen LogP contribution in [0.4, 0.5) is 23.1 Å². The molecule has 0 spiro atoms. The highest BCUT2D eigenvalue weighted by atomic mass is 16.5. The van der Waals surface area contributed by atoms with Gasteiger partial charge in [-0.3, -0.25) is 9.59 Å². The third kappa shape index (κ3) is 5.09. The zero-order valence-corrected chi connectivity index (χ0v) is 23.8. The number of hydrogen-bond acceptors (Lipinski definition) is 8. The van der Waals surface area contributed by atoms with Crippen molar-refractivity contribution in [1.82, 2.24) is 20.6 Å². The van der Waals surface area contributed by atoms with Crippen molar-refractivity contribution in [3.8, 4) is 5.75 Å². The molecule has 10 heteroatoms. The quantitative estimate of drug-likeness (QED) is 0.434. The number of aromatic nitrogens is 2. The van der Waals surface area contributed by atoms with Gasteiger partial charge in [0.1, 0.15) is 17.5 Å². The van der Waals surface area contributed by atoms with E-state index in [1.807, 2.05) is 6.07 Å². The van der Waals surface area contributed by atoms with E-state index in [4.69, 9.17) is 9.72 Å². The standard InChI is InChI=1S/C30H41N7O3/c1-4-24-29(39)36(2)25-17-32-30(35-27(25)37(24)22-7-5-6-8-22)34-23-10-9-20(14-26(23)40-3)28(38)33-21-12-18(13-21)11-19-15-31-16-19/h9-10,14,17-19,21-22,24,31H,4-8,11-13,15-16H2,1-3H3,(H,33,38)(H,32,34,35)/t18?,21?,24-/m1/s1. The molecule has 1 aromatic heterocycles. The van der Waals surface area contributed by atoms with E-state index in [1.54, 1.807) is 37.4 Å². The second kappa shape index (κ2) is 11.2. The Morgan fingerprint density at radius 2 is 1.95 bits per heavy atom. The second-order valence-electron chi connectivity index (χ2n) is 11.9. The minimum Gasteiger partial charge on any atom is -0.495 e. The number of methoxy groups -OCH3 is 1. The molecule has 2 aliphatic carbocycles. The van der Waals surface area contributed by atoms with E-state index < -0.39 is 0 Å². The third-order valence-electron chi connectivity index (χ3n) is 9.23. The van der Waals surface area contributed by atoms with Crippen LogP contribution in [0.5, 0.6) is 5.75 Å². The van der Waals surface area contributed by atoms with Crippen LogP contribution < -0.4 is 30.5 Å². The van der Waals surface area contributed by atoms with Crippen LogP contribution in [0.25, 0.3) is 0 Å². The summed E-state index contributed by atoms with van der Waals surface area (Å²) >= 11 is 0. The second-order valence-corrected chi connectivity index (χ2v) is 11.9. The Morgan fingerprint density at radius 1 is 1.18 bits per heavy atom. The van der Waals surface area contributed by atoms with Crippen LogP contribution in [0, 0.1) is 11.8 Å². The normalized spacial score (nSPS) is 24.8. The van der Waals surface area contributed by atoms with Crippen LogP contribution in [-0.4, -0.2) is 67.2 Å². The summed E-state index contributed by atoms with van der Waals surface area (Å²) in [6, 6.07) is 5.73. The fourth-order valence-corrected chi connectivity index (χ4v) is 6.80. The number of anilines is 4. The predicted octanol–water partition coefficient (Wildman–Crippen LogP) is 3.85. The van der Waals surface area contributed by atoms with Gasteiger partial charge in [-0.05, 0) is 81.6 Å². The van der Waals surface area contributed by atoms with Crippen molar-refractivity contribution in [3.63, 3.8) is 0 Å². The van der Waals surface area contributed by atoms with Gasteiger partial charge in [0.2, 0.25) is 11.9 Å². The Labute approximate surface area is 236 Å². The van der Waals surface area contributed by atoms with Gasteiger partial charge in [0.05, 0.1) is 19.0 Å². The highest BCUT2D eigenvalue weighted by Gasteiger charge is 2.41. The lowest BCUT2D eigenvalue weighted by molar-refractivity contribution is -0.120. The number of likely N-dealkylation sites (N-methyl/N-ethyl adjacent to an activating group) is 1. The maximum absolute atomic E-state index is 13.2. The average Bonchev–Trinajstić information content (AvgIpc) is 3.45. The zero-order valence-electron chi connectivity index (χ0n) is 23.8. The molecular weight excluding hydrogens is 506 g/mol. The summed E-state index contributed by atoms with van der Waals surface area (Å²) in [7, 11) is 3.39. The minimum atomic E-state index is -0.225. The van der Waals surface area contributed by atoms with Crippen LogP contribution in [0.3, 0.4) is 0 Å². The number of fused-ring (bicyclic) bond motifs is 1. The fourth-order valence-electron chi connectivity index (χ4n) is 6.80. The van der Waals surface area contributed by atoms with E-state index in [1.165, 1.54) is 19.3 Å². The molecule has 3 fully saturated rings. The molecule has 214 valence electrons. The number of hydrogen-bond donors (Lipinski definition) is 3. The summed E-state index contributed by atoms with van der Waals surface area (Å²) in [4.78, 5) is 39.5. The molecule has 2 aromatic rings. The van der Waals surface area contributed by atoms with E-state index >= 15 is 0 Å². The topological polar surface area (TPSA) is 112 Å². The minimum absolute atomic E-state index is 0.0749. The van der Waals surface area contributed by atoms with Gasteiger partial charge in [-0.25, -0.2) is 4.98 Å². The van der Waals surface area contributed by atoms with Crippen molar-refractivity contribution < 1.29 is 14.3 Å². The number of ether oxygens (including phenoxy) is 1. The predicted molar refractivity (Wildman–Crippen MR) is 155 cm³/mol. The molecule has 0 radical (unpaired) electrons. The Kier molecular flexibility index (Phi) is 7.53. The smallest absolute Gasteiger partial charge is 0.251 e. The van der Waals surface area contributed by atoms with Crippen molar-refractivity contribution in [2.45, 2.75) is 76.4 Å². The van der Waals surface area contributed by atoms with Crippen molar-refractivity contribution in [2.24, 2.45) is 11.8 Å². The Morgan fingerprint density at radius 3 is 2.62 bits per heavy atom. The number of rotatable bonds is 9. The molecule has 3 N–H and O–H groups in total. The van der Waals surface area contributed by atoms with Crippen LogP contribution >= 0.6 is 0 Å². The van der Waals surface area contributed by atoms with E-state index in [9.17, 15) is 9.59 Å². The Balaban J connectivity index is 1.16. The van der Waals surface area contributed by atoms with E-state index in [2.05, 4.69) is 32.8 Å². The molecule has 4 aliphatic rings. The van der Waals surface area contributed by atoms with Gasteiger partial charge < -0.3 is 30.5 Å². The highest BCUT2D eigenvalue weighted by molar-refractivity contribution is 6.04. The average molecular weight is 548 g/mol. The van der Waals surface area contributed by atoms with Gasteiger partial charge in [0, 0.05) is 24.7 Å². The van der Waals surface area contributed by atoms with Gasteiger partial charge in [-0.15, -0.1) is 0 Å². The lowest BCUT2D eigenvalue weighted by Crippen LogP contribution is -2.55. The summed E-state index contributed by atoms with van der Waals surface area (Å²) in [5.74, 6) is 3.32. The molecular formula is C30H41N7O3. The number of carbonyl (C=O) groups excluding carboxylic acids is 2. The van der Waals surface area contributed by atoms with Gasteiger partial charge in [-0.1, -0.05) is 19.8 Å². The monoisotopic (exact) mass is 547 g/mol. The summed E-state index contributed by atoms with van der Waals surface area (Å²) in [6.45, 7) is 4.33. The first-order valence-corrected chi connectivity index (χ1v) is 14.8. The van der Waals surface area contributed by atoms with Crippen LogP contribution in [0.15, 0.2) is 24.4 Å². The van der Waals surface area contributed by atoms with Gasteiger partial charge >= 0.3 is 0 Å². The number of carbonyl (C=O) groups is 2. The van der Waals surface area contributed by atoms with Crippen LogP contribution in [0.1, 0.15) is 68.6 Å². The molecule has 2 amide bonds. The van der Waals surface area contributed by atoms with Crippen molar-refractivity contribution in [2.75, 3.05) is 42.4 Å². The van der Waals surface area contributed by atoms with E-state index in [0.29, 0.717) is 29.0 Å². The first-order valence-electron chi connectivity index (χ1n) is 14.8. The van der Waals surface area contributed by atoms with Crippen LogP contribution in [-0.2, 0) is 4.79 Å². The SMILES string of the molecule is CC[C@@H]1C(=O)N(C)c2cnc(Nc3ccc(C(=O)NC4CC(CC5CNC5)C4)cc3OC)nc2N1C1CCCC1. The zero-order chi connectivity index (χ0) is 27.8. The maximum atomic E-state index is 13.2. The number of benzene rings is 1. The van der Waals surface area contributed by atoms with Crippen molar-refractivity contribution >= 4 is 35.0 Å². The van der Waals surface area contributed by atoms with Gasteiger partial charge in [0.25, 0.3) is 5.91 Å². The molecule has 3 heterocycles. The summed E-state index contributed by atoms with van der Waals surface area (Å²) in [6.07, 6.45) is 10.3. The molecule has 10 nitrogen and oxygen atoms in total. The molecule has 2 aliphatic heterocycles. The molecule has 0 bridgehead atoms. The third-order valence-corrected chi connectivity index (χ3v) is 9.23. The molecule has 1 saturated heterocycles. The maximum Gasteiger partial charge on any atom is 0.251 e.